The molecule has 0 radical (unpaired) electrons. The Morgan fingerprint density at radius 3 is 2.30 bits per heavy atom. The largest absolute Gasteiger partial charge is 0.463 e. The van der Waals surface area contributed by atoms with Gasteiger partial charge < -0.3 is 23.7 Å². The molecule has 1 aliphatic rings. The molecule has 1 aliphatic heterocycles. The fourth-order valence-corrected chi connectivity index (χ4v) is 5.80. The van der Waals surface area contributed by atoms with Crippen LogP contribution >= 0.6 is 22.9 Å². The lowest BCUT2D eigenvalue weighted by Crippen LogP contribution is -2.59. The van der Waals surface area contributed by atoms with E-state index < -0.39 is 94.6 Å². The summed E-state index contributed by atoms with van der Waals surface area (Å²) >= 11 is 8.01. The van der Waals surface area contributed by atoms with Crippen LogP contribution in [0.4, 0.5) is 4.39 Å². The molecular weight excluding hydrogens is 605 g/mol. The number of carbonyl (C=O) groups excluding carboxylic acids is 4. The number of hydrogen-bond acceptors (Lipinski definition) is 11. The molecule has 1 fully saturated rings. The van der Waals surface area contributed by atoms with Crippen molar-refractivity contribution >= 4 is 46.8 Å². The van der Waals surface area contributed by atoms with E-state index in [1.165, 1.54) is 23.6 Å². The monoisotopic (exact) mass is 637 g/mol. The van der Waals surface area contributed by atoms with Crippen LogP contribution in [0, 0.1) is 5.95 Å². The molecule has 0 bridgehead atoms. The lowest BCUT2D eigenvalue weighted by Gasteiger charge is -2.44. The Morgan fingerprint density at radius 1 is 0.930 bits per heavy atom. The van der Waals surface area contributed by atoms with Gasteiger partial charge in [0.2, 0.25) is 5.95 Å². The minimum atomic E-state index is -1.61. The highest BCUT2D eigenvalue weighted by Crippen LogP contribution is 2.39. The van der Waals surface area contributed by atoms with Crippen molar-refractivity contribution in [3.05, 3.63) is 75.6 Å². The molecule has 1 aromatic carbocycles. The maximum atomic E-state index is 13.3. The van der Waals surface area contributed by atoms with Crippen molar-refractivity contribution in [1.29, 1.82) is 0 Å². The molecule has 3 aromatic rings. The van der Waals surface area contributed by atoms with E-state index in [0.29, 0.717) is 22.6 Å². The number of halogens is 2. The minimum Gasteiger partial charge on any atom is -0.463 e. The van der Waals surface area contributed by atoms with E-state index in [4.69, 9.17) is 40.8 Å². The molecule has 13 heteroatoms. The Bertz CT molecular complexity index is 1580. The number of pyridine rings is 1. The second-order valence-electron chi connectivity index (χ2n) is 9.30. The Balaban J connectivity index is 1.73. The number of thiophene rings is 1. The number of benzene rings is 1. The summed E-state index contributed by atoms with van der Waals surface area (Å²) in [7, 11) is 0. The van der Waals surface area contributed by atoms with Gasteiger partial charge in [0, 0.05) is 66.0 Å². The number of carbonyl (C=O) groups is 4. The maximum absolute atomic E-state index is 13.3. The van der Waals surface area contributed by atoms with Gasteiger partial charge in [-0.2, -0.15) is 4.39 Å². The quantitative estimate of drug-likeness (QED) is 0.180. The molecule has 0 spiro atoms. The van der Waals surface area contributed by atoms with Crippen LogP contribution in [-0.4, -0.2) is 59.9 Å². The summed E-state index contributed by atoms with van der Waals surface area (Å²) in [6.45, 7) is -3.80. The molecule has 5 atom stereocenters. The zero-order chi connectivity index (χ0) is 34.1. The van der Waals surface area contributed by atoms with Crippen LogP contribution in [0.1, 0.15) is 55.2 Å². The molecular formula is C30H29ClFNO9S. The summed E-state index contributed by atoms with van der Waals surface area (Å²) in [5, 5.41) is 0.378. The van der Waals surface area contributed by atoms with Gasteiger partial charge in [0.25, 0.3) is 0 Å². The Kier molecular flexibility index (Phi) is 8.75. The number of aromatic nitrogens is 1. The predicted octanol–water partition coefficient (Wildman–Crippen LogP) is 4.99. The first-order chi connectivity index (χ1) is 22.6. The standard InChI is InChI=1S/C30H29ClFNO9S/c1-15(34)38-14-24-28(39-16(2)35)30(41-18(4)37)29(40-17(3)36)27(42-24)19-5-8-23(31)21(11-19)12-22-7-9-25(43-22)20-6-10-26(32)33-13-20/h5-11,13,24,27-30H,12,14H2,1-4H3/t24-,27?,28-,29+,30+/m1/s1/i1D,2D,3D,4D. The first kappa shape index (κ1) is 26.7. The molecule has 3 heterocycles. The molecule has 228 valence electrons. The minimum absolute atomic E-state index is 0.335. The molecule has 1 unspecified atom stereocenters. The van der Waals surface area contributed by atoms with Gasteiger partial charge in [0.05, 0.1) is 0 Å². The van der Waals surface area contributed by atoms with Crippen LogP contribution in [-0.2, 0) is 49.3 Å². The van der Waals surface area contributed by atoms with Crippen molar-refractivity contribution in [1.82, 2.24) is 4.98 Å². The lowest BCUT2D eigenvalue weighted by molar-refractivity contribution is -0.254. The molecule has 0 aliphatic carbocycles. The van der Waals surface area contributed by atoms with E-state index in [2.05, 4.69) is 4.98 Å². The van der Waals surface area contributed by atoms with Crippen LogP contribution < -0.4 is 0 Å². The Morgan fingerprint density at radius 2 is 1.63 bits per heavy atom. The second kappa shape index (κ2) is 14.1. The Hall–Kier alpha value is -3.87. The van der Waals surface area contributed by atoms with Crippen molar-refractivity contribution in [2.24, 2.45) is 0 Å². The van der Waals surface area contributed by atoms with Gasteiger partial charge in [-0.25, -0.2) is 4.98 Å². The molecule has 4 rings (SSSR count). The van der Waals surface area contributed by atoms with Gasteiger partial charge in [-0.15, -0.1) is 11.3 Å². The van der Waals surface area contributed by atoms with Crippen LogP contribution in [0.3, 0.4) is 0 Å². The van der Waals surface area contributed by atoms with Crippen molar-refractivity contribution < 1.29 is 52.7 Å². The van der Waals surface area contributed by atoms with Gasteiger partial charge in [0.1, 0.15) is 18.8 Å². The topological polar surface area (TPSA) is 127 Å². The summed E-state index contributed by atoms with van der Waals surface area (Å²) in [6.07, 6.45) is -5.55. The second-order valence-corrected chi connectivity index (χ2v) is 10.9. The zero-order valence-corrected chi connectivity index (χ0v) is 24.1. The number of ether oxygens (including phenoxy) is 5. The molecule has 2 aromatic heterocycles. The first-order valence-corrected chi connectivity index (χ1v) is 13.8. The van der Waals surface area contributed by atoms with E-state index >= 15 is 0 Å². The summed E-state index contributed by atoms with van der Waals surface area (Å²) in [6, 6.07) is 11.4. The van der Waals surface area contributed by atoms with Crippen LogP contribution in [0.25, 0.3) is 10.4 Å². The van der Waals surface area contributed by atoms with Crippen molar-refractivity contribution in [3.63, 3.8) is 0 Å². The van der Waals surface area contributed by atoms with Crippen LogP contribution in [0.5, 0.6) is 0 Å². The normalized spacial score (nSPS) is 22.7. The van der Waals surface area contributed by atoms with Gasteiger partial charge in [-0.05, 0) is 41.5 Å². The number of nitrogens with zero attached hydrogens (tertiary/aromatic N) is 1. The van der Waals surface area contributed by atoms with Gasteiger partial charge >= 0.3 is 23.9 Å². The highest BCUT2D eigenvalue weighted by atomic mass is 35.5. The highest BCUT2D eigenvalue weighted by Gasteiger charge is 2.52. The van der Waals surface area contributed by atoms with E-state index in [0.717, 1.165) is 15.3 Å². The van der Waals surface area contributed by atoms with Gasteiger partial charge in [-0.1, -0.05) is 23.7 Å². The van der Waals surface area contributed by atoms with Crippen molar-refractivity contribution in [2.75, 3.05) is 6.61 Å². The maximum Gasteiger partial charge on any atom is 0.303 e. The third-order valence-corrected chi connectivity index (χ3v) is 7.78. The average molecular weight is 638 g/mol. The molecule has 0 amide bonds. The third kappa shape index (κ3) is 8.37. The lowest BCUT2D eigenvalue weighted by atomic mass is 9.89. The van der Waals surface area contributed by atoms with E-state index in [-0.39, 0.29) is 0 Å². The van der Waals surface area contributed by atoms with Crippen molar-refractivity contribution in [3.8, 4) is 10.4 Å². The van der Waals surface area contributed by atoms with E-state index in [9.17, 15) is 23.6 Å². The molecule has 0 saturated carbocycles. The summed E-state index contributed by atoms with van der Waals surface area (Å²) in [5.74, 6) is -4.69. The van der Waals surface area contributed by atoms with Gasteiger partial charge in [0.15, 0.2) is 18.3 Å². The first-order valence-electron chi connectivity index (χ1n) is 15.4. The molecule has 43 heavy (non-hydrogen) atoms. The summed E-state index contributed by atoms with van der Waals surface area (Å²) in [4.78, 5) is 54.4. The number of esters is 4. The van der Waals surface area contributed by atoms with E-state index in [1.807, 2.05) is 12.1 Å². The summed E-state index contributed by atoms with van der Waals surface area (Å²) in [5.41, 5.74) is 1.70. The van der Waals surface area contributed by atoms with Crippen LogP contribution in [0.2, 0.25) is 5.02 Å². The SMILES string of the molecule is [2H]CC(=O)OC[C@H]1OC(c2ccc(Cl)c(Cc3ccc(-c4ccc(F)nc4)s3)c2)[C@H](OC(=O)C[2H])[C@@H](OC(=O)C[2H])[C@@H]1OC(=O)C[2H]. The molecule has 10 nitrogen and oxygen atoms in total. The molecule has 0 N–H and O–H groups in total. The van der Waals surface area contributed by atoms with E-state index in [1.54, 1.807) is 24.3 Å². The highest BCUT2D eigenvalue weighted by molar-refractivity contribution is 7.15. The number of hydrogen-bond donors (Lipinski definition) is 0. The third-order valence-electron chi connectivity index (χ3n) is 6.28. The smallest absolute Gasteiger partial charge is 0.303 e. The molecule has 1 saturated heterocycles. The Labute approximate surface area is 261 Å². The zero-order valence-electron chi connectivity index (χ0n) is 26.5. The van der Waals surface area contributed by atoms with Crippen LogP contribution in [0.15, 0.2) is 48.7 Å². The van der Waals surface area contributed by atoms with Gasteiger partial charge in [-0.3, -0.25) is 19.2 Å². The fraction of sp³-hybridized carbons (Fsp3) is 0.367. The average Bonchev–Trinajstić information content (AvgIpc) is 3.54. The summed E-state index contributed by atoms with van der Waals surface area (Å²) < 4.78 is 70.6. The number of rotatable bonds is 9. The fourth-order valence-electron chi connectivity index (χ4n) is 4.60. The predicted molar refractivity (Wildman–Crippen MR) is 153 cm³/mol. The van der Waals surface area contributed by atoms with Crippen molar-refractivity contribution in [2.45, 2.75) is 64.5 Å².